The summed E-state index contributed by atoms with van der Waals surface area (Å²) in [5.41, 5.74) is 2.48. The summed E-state index contributed by atoms with van der Waals surface area (Å²) in [4.78, 5) is 12.0. The molecule has 0 heterocycles. The maximum absolute atomic E-state index is 13.2. The van der Waals surface area contributed by atoms with E-state index in [4.69, 9.17) is 4.74 Å². The predicted octanol–water partition coefficient (Wildman–Crippen LogP) is 5.79. The summed E-state index contributed by atoms with van der Waals surface area (Å²) in [6.07, 6.45) is -3.17. The Balaban J connectivity index is 1.60. The van der Waals surface area contributed by atoms with Crippen molar-refractivity contribution < 1.29 is 27.1 Å². The van der Waals surface area contributed by atoms with Crippen molar-refractivity contribution in [2.24, 2.45) is 5.10 Å². The Morgan fingerprint density at radius 3 is 2.55 bits per heavy atom. The number of hydrazone groups is 1. The number of halogens is 5. The van der Waals surface area contributed by atoms with Gasteiger partial charge in [-0.1, -0.05) is 18.2 Å². The monoisotopic (exact) mass is 542 g/mol. The van der Waals surface area contributed by atoms with Gasteiger partial charge in [0.25, 0.3) is 5.91 Å². The van der Waals surface area contributed by atoms with E-state index in [2.05, 4.69) is 33.1 Å². The van der Waals surface area contributed by atoms with Crippen molar-refractivity contribution in [3.05, 3.63) is 98.4 Å². The smallest absolute Gasteiger partial charge is 0.416 e. The van der Waals surface area contributed by atoms with Crippen LogP contribution in [0.3, 0.4) is 0 Å². The average molecular weight is 542 g/mol. The van der Waals surface area contributed by atoms with Crippen LogP contribution in [0, 0.1) is 9.39 Å². The molecule has 0 saturated carbocycles. The van der Waals surface area contributed by atoms with E-state index in [-0.39, 0.29) is 18.0 Å². The van der Waals surface area contributed by atoms with Crippen molar-refractivity contribution in [3.8, 4) is 5.75 Å². The van der Waals surface area contributed by atoms with Gasteiger partial charge >= 0.3 is 6.18 Å². The standard InChI is InChI=1S/C22H15F4IN2O2/c23-18-6-1-3-15(9-18)13-31-20-8-7-14(10-19(20)27)12-28-29-21(30)16-4-2-5-17(11-16)22(24,25)26/h1-12H,13H2,(H,29,30)/b28-12-. The highest BCUT2D eigenvalue weighted by molar-refractivity contribution is 14.1. The molecule has 160 valence electrons. The second-order valence-electron chi connectivity index (χ2n) is 6.39. The van der Waals surface area contributed by atoms with Gasteiger partial charge in [0.2, 0.25) is 0 Å². The van der Waals surface area contributed by atoms with Gasteiger partial charge in [-0.15, -0.1) is 0 Å². The fourth-order valence-corrected chi connectivity index (χ4v) is 3.26. The van der Waals surface area contributed by atoms with Gasteiger partial charge in [0.05, 0.1) is 15.3 Å². The summed E-state index contributed by atoms with van der Waals surface area (Å²) in [7, 11) is 0. The van der Waals surface area contributed by atoms with Gasteiger partial charge in [-0.3, -0.25) is 4.79 Å². The van der Waals surface area contributed by atoms with E-state index in [0.29, 0.717) is 16.9 Å². The number of rotatable bonds is 6. The van der Waals surface area contributed by atoms with Crippen LogP contribution in [0.2, 0.25) is 0 Å². The molecule has 0 unspecified atom stereocenters. The van der Waals surface area contributed by atoms with Crippen LogP contribution < -0.4 is 10.2 Å². The molecule has 0 aliphatic heterocycles. The van der Waals surface area contributed by atoms with Crippen molar-refractivity contribution in [2.45, 2.75) is 12.8 Å². The summed E-state index contributed by atoms with van der Waals surface area (Å²) < 4.78 is 58.0. The first kappa shape index (κ1) is 22.7. The van der Waals surface area contributed by atoms with Crippen LogP contribution in [0.1, 0.15) is 27.0 Å². The number of alkyl halides is 3. The van der Waals surface area contributed by atoms with E-state index in [1.54, 1.807) is 30.3 Å². The molecule has 3 rings (SSSR count). The lowest BCUT2D eigenvalue weighted by atomic mass is 10.1. The number of hydrogen-bond acceptors (Lipinski definition) is 3. The summed E-state index contributed by atoms with van der Waals surface area (Å²) in [5.74, 6) is -0.503. The number of amides is 1. The molecule has 1 N–H and O–H groups in total. The molecule has 0 radical (unpaired) electrons. The van der Waals surface area contributed by atoms with Gasteiger partial charge < -0.3 is 4.74 Å². The summed E-state index contributed by atoms with van der Waals surface area (Å²) >= 11 is 2.07. The second kappa shape index (κ2) is 9.90. The molecule has 31 heavy (non-hydrogen) atoms. The molecule has 0 fully saturated rings. The second-order valence-corrected chi connectivity index (χ2v) is 7.55. The maximum atomic E-state index is 13.2. The highest BCUT2D eigenvalue weighted by Gasteiger charge is 2.30. The van der Waals surface area contributed by atoms with E-state index < -0.39 is 17.6 Å². The van der Waals surface area contributed by atoms with Crippen LogP contribution in [-0.2, 0) is 12.8 Å². The number of hydrogen-bond donors (Lipinski definition) is 1. The Morgan fingerprint density at radius 1 is 1.06 bits per heavy atom. The zero-order chi connectivity index (χ0) is 22.4. The predicted molar refractivity (Wildman–Crippen MR) is 116 cm³/mol. The molecule has 3 aromatic carbocycles. The zero-order valence-electron chi connectivity index (χ0n) is 15.8. The van der Waals surface area contributed by atoms with E-state index in [0.717, 1.165) is 21.8 Å². The minimum Gasteiger partial charge on any atom is -0.488 e. The lowest BCUT2D eigenvalue weighted by molar-refractivity contribution is -0.137. The molecular formula is C22H15F4IN2O2. The number of nitrogens with zero attached hydrogens (tertiary/aromatic N) is 1. The molecule has 0 atom stereocenters. The lowest BCUT2D eigenvalue weighted by Crippen LogP contribution is -2.18. The van der Waals surface area contributed by atoms with Gasteiger partial charge in [-0.05, 0) is 82.2 Å². The third-order valence-electron chi connectivity index (χ3n) is 4.07. The van der Waals surface area contributed by atoms with Crippen LogP contribution in [0.15, 0.2) is 71.8 Å². The highest BCUT2D eigenvalue weighted by atomic mass is 127. The summed E-state index contributed by atoms with van der Waals surface area (Å²) in [6.45, 7) is 0.203. The molecule has 0 saturated heterocycles. The van der Waals surface area contributed by atoms with Crippen molar-refractivity contribution in [3.63, 3.8) is 0 Å². The number of carbonyl (C=O) groups excluding carboxylic acids is 1. The molecule has 4 nitrogen and oxygen atoms in total. The van der Waals surface area contributed by atoms with Crippen molar-refractivity contribution >= 4 is 34.7 Å². The van der Waals surface area contributed by atoms with Crippen molar-refractivity contribution in [2.75, 3.05) is 0 Å². The largest absolute Gasteiger partial charge is 0.488 e. The quantitative estimate of drug-likeness (QED) is 0.186. The van der Waals surface area contributed by atoms with Gasteiger partial charge in [-0.25, -0.2) is 9.82 Å². The molecule has 0 aliphatic rings. The Labute approximate surface area is 189 Å². The van der Waals surface area contributed by atoms with E-state index in [1.807, 2.05) is 0 Å². The van der Waals surface area contributed by atoms with Crippen molar-refractivity contribution in [1.29, 1.82) is 0 Å². The normalized spacial score (nSPS) is 11.5. The Kier molecular flexibility index (Phi) is 7.26. The number of nitrogens with one attached hydrogen (secondary N) is 1. The van der Waals surface area contributed by atoms with Gasteiger partial charge in [-0.2, -0.15) is 18.3 Å². The minimum absolute atomic E-state index is 0.150. The fraction of sp³-hybridized carbons (Fsp3) is 0.0909. The first-order chi connectivity index (χ1) is 14.7. The molecule has 3 aromatic rings. The molecule has 0 aliphatic carbocycles. The van der Waals surface area contributed by atoms with Crippen LogP contribution in [-0.4, -0.2) is 12.1 Å². The number of carbonyl (C=O) groups is 1. The minimum atomic E-state index is -4.53. The number of ether oxygens (including phenoxy) is 1. The highest BCUT2D eigenvalue weighted by Crippen LogP contribution is 2.29. The topological polar surface area (TPSA) is 50.7 Å². The Bertz CT molecular complexity index is 1120. The van der Waals surface area contributed by atoms with Crippen LogP contribution in [0.4, 0.5) is 17.6 Å². The Hall–Kier alpha value is -2.95. The van der Waals surface area contributed by atoms with E-state index in [1.165, 1.54) is 24.4 Å². The molecular weight excluding hydrogens is 527 g/mol. The SMILES string of the molecule is O=C(N/N=C\c1ccc(OCc2cccc(F)c2)c(I)c1)c1cccc(C(F)(F)F)c1. The first-order valence-electron chi connectivity index (χ1n) is 8.90. The van der Waals surface area contributed by atoms with Crippen LogP contribution in [0.5, 0.6) is 5.75 Å². The third-order valence-corrected chi connectivity index (χ3v) is 4.91. The van der Waals surface area contributed by atoms with Crippen molar-refractivity contribution in [1.82, 2.24) is 5.43 Å². The van der Waals surface area contributed by atoms with Crippen LogP contribution >= 0.6 is 22.6 Å². The molecule has 0 bridgehead atoms. The molecule has 0 spiro atoms. The molecule has 0 aromatic heterocycles. The third kappa shape index (κ3) is 6.51. The fourth-order valence-electron chi connectivity index (χ4n) is 2.57. The van der Waals surface area contributed by atoms with Crippen LogP contribution in [0.25, 0.3) is 0 Å². The zero-order valence-corrected chi connectivity index (χ0v) is 17.9. The van der Waals surface area contributed by atoms with Gasteiger partial charge in [0.15, 0.2) is 0 Å². The van der Waals surface area contributed by atoms with Gasteiger partial charge in [0.1, 0.15) is 18.2 Å². The summed E-state index contributed by atoms with van der Waals surface area (Å²) in [5, 5.41) is 3.79. The first-order valence-corrected chi connectivity index (χ1v) is 9.98. The Morgan fingerprint density at radius 2 is 1.84 bits per heavy atom. The van der Waals surface area contributed by atoms with E-state index >= 15 is 0 Å². The maximum Gasteiger partial charge on any atom is 0.416 e. The summed E-state index contributed by atoms with van der Waals surface area (Å²) in [6, 6.07) is 15.3. The molecule has 1 amide bonds. The number of benzene rings is 3. The van der Waals surface area contributed by atoms with E-state index in [9.17, 15) is 22.4 Å². The van der Waals surface area contributed by atoms with Gasteiger partial charge in [0, 0.05) is 5.56 Å². The molecule has 9 heteroatoms. The average Bonchev–Trinajstić information content (AvgIpc) is 2.72. The lowest BCUT2D eigenvalue weighted by Gasteiger charge is -2.09.